The lowest BCUT2D eigenvalue weighted by atomic mass is 10.2. The minimum atomic E-state index is -0.728. The van der Waals surface area contributed by atoms with Gasteiger partial charge in [0.05, 0.1) is 0 Å². The molecule has 4 nitrogen and oxygen atoms in total. The second-order valence-electron chi connectivity index (χ2n) is 3.75. The summed E-state index contributed by atoms with van der Waals surface area (Å²) in [5, 5.41) is 3.14. The number of aromatic nitrogens is 2. The molecule has 0 radical (unpaired) electrons. The van der Waals surface area contributed by atoms with Crippen LogP contribution in [0.1, 0.15) is 5.56 Å². The molecule has 2 rings (SSSR count). The number of rotatable bonds is 4. The van der Waals surface area contributed by atoms with Gasteiger partial charge in [0.1, 0.15) is 28.3 Å². The highest BCUT2D eigenvalue weighted by atomic mass is 35.5. The fraction of sp³-hybridized carbons (Fsp3) is 0.167. The monoisotopic (exact) mass is 316 g/mol. The molecule has 2 aromatic rings. The molecule has 0 saturated heterocycles. The lowest BCUT2D eigenvalue weighted by molar-refractivity contribution is 0.590. The van der Waals surface area contributed by atoms with Crippen LogP contribution in [-0.4, -0.2) is 16.2 Å². The van der Waals surface area contributed by atoms with Gasteiger partial charge >= 0.3 is 0 Å². The Labute approximate surface area is 123 Å². The fourth-order valence-electron chi connectivity index (χ4n) is 1.55. The third-order valence-corrected chi connectivity index (χ3v) is 3.39. The maximum absolute atomic E-state index is 13.6. The number of para-hydroxylation sites is 1. The molecule has 0 fully saturated rings. The van der Waals surface area contributed by atoms with Gasteiger partial charge in [0.25, 0.3) is 0 Å². The van der Waals surface area contributed by atoms with Crippen LogP contribution in [0.3, 0.4) is 0 Å². The van der Waals surface area contributed by atoms with Gasteiger partial charge in [-0.1, -0.05) is 29.4 Å². The van der Waals surface area contributed by atoms with Gasteiger partial charge in [-0.3, -0.25) is 0 Å². The second-order valence-corrected chi connectivity index (χ2v) is 4.89. The molecule has 106 valence electrons. The zero-order valence-corrected chi connectivity index (χ0v) is 12.0. The van der Waals surface area contributed by atoms with Crippen molar-refractivity contribution >= 4 is 34.9 Å². The number of benzene rings is 1. The molecule has 0 aliphatic rings. The van der Waals surface area contributed by atoms with Crippen LogP contribution < -0.4 is 11.1 Å². The van der Waals surface area contributed by atoms with Crippen LogP contribution in [0.15, 0.2) is 23.4 Å². The van der Waals surface area contributed by atoms with E-state index in [1.165, 1.54) is 17.8 Å². The van der Waals surface area contributed by atoms with E-state index in [9.17, 15) is 8.78 Å². The van der Waals surface area contributed by atoms with Crippen molar-refractivity contribution in [3.05, 3.63) is 40.6 Å². The summed E-state index contributed by atoms with van der Waals surface area (Å²) in [6, 6.07) is 3.57. The molecule has 0 atom stereocenters. The highest BCUT2D eigenvalue weighted by Crippen LogP contribution is 2.28. The second kappa shape index (κ2) is 6.34. The van der Waals surface area contributed by atoms with Gasteiger partial charge in [0, 0.05) is 12.1 Å². The summed E-state index contributed by atoms with van der Waals surface area (Å²) in [4.78, 5) is 8.16. The van der Waals surface area contributed by atoms with Crippen molar-refractivity contribution in [1.82, 2.24) is 9.97 Å². The van der Waals surface area contributed by atoms with Crippen LogP contribution in [0.5, 0.6) is 0 Å². The van der Waals surface area contributed by atoms with Crippen molar-refractivity contribution in [2.75, 3.05) is 11.6 Å². The summed E-state index contributed by atoms with van der Waals surface area (Å²) >= 11 is 7.25. The number of hydrogen-bond acceptors (Lipinski definition) is 5. The van der Waals surface area contributed by atoms with Gasteiger partial charge < -0.3 is 11.1 Å². The summed E-state index contributed by atoms with van der Waals surface area (Å²) in [7, 11) is 0. The van der Waals surface area contributed by atoms with Crippen molar-refractivity contribution in [3.8, 4) is 0 Å². The van der Waals surface area contributed by atoms with Gasteiger partial charge in [-0.2, -0.15) is 0 Å². The van der Waals surface area contributed by atoms with Crippen LogP contribution in [-0.2, 0) is 6.54 Å². The van der Waals surface area contributed by atoms with Crippen LogP contribution in [0.4, 0.5) is 20.3 Å². The van der Waals surface area contributed by atoms with Crippen LogP contribution >= 0.6 is 23.4 Å². The van der Waals surface area contributed by atoms with Crippen molar-refractivity contribution in [3.63, 3.8) is 0 Å². The van der Waals surface area contributed by atoms with Crippen LogP contribution in [0.25, 0.3) is 0 Å². The Balaban J connectivity index is 2.50. The first-order valence-corrected chi connectivity index (χ1v) is 7.18. The Morgan fingerprint density at radius 3 is 2.50 bits per heavy atom. The zero-order valence-electron chi connectivity index (χ0n) is 10.5. The first kappa shape index (κ1) is 15.0. The minimum absolute atomic E-state index is 0.0475. The Morgan fingerprint density at radius 2 is 1.95 bits per heavy atom. The smallest absolute Gasteiger partial charge is 0.190 e. The number of nitrogens with two attached hydrogens (primary N) is 1. The molecule has 1 heterocycles. The van der Waals surface area contributed by atoms with Crippen LogP contribution in [0, 0.1) is 11.6 Å². The summed E-state index contributed by atoms with van der Waals surface area (Å²) in [6.45, 7) is 0.0475. The summed E-state index contributed by atoms with van der Waals surface area (Å²) in [5.41, 5.74) is 5.67. The number of nitrogens with one attached hydrogen (secondary N) is 1. The normalized spacial score (nSPS) is 10.7. The van der Waals surface area contributed by atoms with Crippen molar-refractivity contribution in [1.29, 1.82) is 0 Å². The molecule has 0 bridgehead atoms. The van der Waals surface area contributed by atoms with E-state index in [1.807, 2.05) is 0 Å². The van der Waals surface area contributed by atoms with Gasteiger partial charge in [0.2, 0.25) is 0 Å². The average Bonchev–Trinajstić information content (AvgIpc) is 2.42. The summed E-state index contributed by atoms with van der Waals surface area (Å²) in [6.07, 6.45) is 1.77. The number of hydrogen-bond donors (Lipinski definition) is 2. The van der Waals surface area contributed by atoms with Gasteiger partial charge in [-0.25, -0.2) is 18.7 Å². The fourth-order valence-corrected chi connectivity index (χ4v) is 2.21. The SMILES string of the molecule is CSc1nc(Cl)c(CN)c(Nc2c(F)cccc2F)n1. The molecule has 0 saturated carbocycles. The molecular formula is C12H11ClF2N4S. The number of anilines is 2. The highest BCUT2D eigenvalue weighted by molar-refractivity contribution is 7.98. The average molecular weight is 317 g/mol. The molecule has 0 aliphatic heterocycles. The van der Waals surface area contributed by atoms with Gasteiger partial charge in [-0.15, -0.1) is 0 Å². The quantitative estimate of drug-likeness (QED) is 0.514. The predicted molar refractivity (Wildman–Crippen MR) is 76.4 cm³/mol. The number of halogens is 3. The van der Waals surface area contributed by atoms with E-state index in [4.69, 9.17) is 17.3 Å². The molecule has 0 aliphatic carbocycles. The first-order chi connectivity index (χ1) is 9.56. The van der Waals surface area contributed by atoms with Crippen molar-refractivity contribution in [2.45, 2.75) is 11.7 Å². The zero-order chi connectivity index (χ0) is 14.7. The lowest BCUT2D eigenvalue weighted by Crippen LogP contribution is -2.09. The molecule has 0 spiro atoms. The van der Waals surface area contributed by atoms with Gasteiger partial charge in [0.15, 0.2) is 5.16 Å². The van der Waals surface area contributed by atoms with Gasteiger partial charge in [-0.05, 0) is 18.4 Å². The van der Waals surface area contributed by atoms with E-state index in [0.717, 1.165) is 12.1 Å². The largest absolute Gasteiger partial charge is 0.335 e. The van der Waals surface area contributed by atoms with E-state index in [-0.39, 0.29) is 23.2 Å². The summed E-state index contributed by atoms with van der Waals surface area (Å²) < 4.78 is 27.3. The standard InChI is InChI=1S/C12H11ClF2N4S/c1-20-12-18-10(13)6(5-16)11(19-12)17-9-7(14)3-2-4-8(9)15/h2-4H,5,16H2,1H3,(H,17,18,19). The van der Waals surface area contributed by atoms with Crippen LogP contribution in [0.2, 0.25) is 5.15 Å². The molecular weight excluding hydrogens is 306 g/mol. The molecule has 0 unspecified atom stereocenters. The maximum Gasteiger partial charge on any atom is 0.190 e. The van der Waals surface area contributed by atoms with E-state index in [0.29, 0.717) is 10.7 Å². The Kier molecular flexibility index (Phi) is 4.74. The third-order valence-electron chi connectivity index (χ3n) is 2.53. The van der Waals surface area contributed by atoms with E-state index >= 15 is 0 Å². The predicted octanol–water partition coefficient (Wildman–Crippen LogP) is 3.33. The van der Waals surface area contributed by atoms with Crippen molar-refractivity contribution in [2.24, 2.45) is 5.73 Å². The first-order valence-electron chi connectivity index (χ1n) is 5.58. The topological polar surface area (TPSA) is 63.8 Å². The molecule has 20 heavy (non-hydrogen) atoms. The Bertz CT molecular complexity index is 619. The van der Waals surface area contributed by atoms with E-state index in [1.54, 1.807) is 6.26 Å². The minimum Gasteiger partial charge on any atom is -0.335 e. The molecule has 1 aromatic carbocycles. The van der Waals surface area contributed by atoms with Crippen molar-refractivity contribution < 1.29 is 8.78 Å². The number of thioether (sulfide) groups is 1. The molecule has 0 amide bonds. The highest BCUT2D eigenvalue weighted by Gasteiger charge is 2.15. The summed E-state index contributed by atoms with van der Waals surface area (Å²) in [5.74, 6) is -1.26. The molecule has 3 N–H and O–H groups in total. The van der Waals surface area contributed by atoms with E-state index in [2.05, 4.69) is 15.3 Å². The Morgan fingerprint density at radius 1 is 1.30 bits per heavy atom. The molecule has 8 heteroatoms. The van der Waals surface area contributed by atoms with E-state index < -0.39 is 11.6 Å². The maximum atomic E-state index is 13.6. The Hall–Kier alpha value is -1.44. The lowest BCUT2D eigenvalue weighted by Gasteiger charge is -2.13. The third kappa shape index (κ3) is 3.00. The number of nitrogens with zero attached hydrogens (tertiary/aromatic N) is 2. The molecule has 1 aromatic heterocycles.